The topological polar surface area (TPSA) is 88.1 Å². The Hall–Kier alpha value is -4.31. The van der Waals surface area contributed by atoms with Gasteiger partial charge in [-0.1, -0.05) is 57.3 Å². The number of ether oxygens (including phenoxy) is 3. The van der Waals surface area contributed by atoms with E-state index >= 15 is 0 Å². The summed E-state index contributed by atoms with van der Waals surface area (Å²) in [6.45, 7) is 0.415. The van der Waals surface area contributed by atoms with Crippen LogP contribution in [0, 0.1) is 0 Å². The lowest BCUT2D eigenvalue weighted by Crippen LogP contribution is -2.20. The third-order valence-electron chi connectivity index (χ3n) is 6.62. The molecular formula is C31H18BrCl2N3O5. The SMILES string of the molecule is O=c1c2ccccc2nc(-c2cc3cc(Br)ccc3o2)n1N=Cc1cc(Cl)c(OCc2ccc3c(c2)OCO3)c(Cl)c1. The second kappa shape index (κ2) is 10.8. The summed E-state index contributed by atoms with van der Waals surface area (Å²) in [5, 5.41) is 6.34. The van der Waals surface area contributed by atoms with E-state index in [-0.39, 0.29) is 34.8 Å². The maximum Gasteiger partial charge on any atom is 0.282 e. The smallest absolute Gasteiger partial charge is 0.282 e. The van der Waals surface area contributed by atoms with E-state index in [0.29, 0.717) is 45.1 Å². The van der Waals surface area contributed by atoms with Gasteiger partial charge >= 0.3 is 0 Å². The number of para-hydroxylation sites is 1. The number of halogens is 3. The Morgan fingerprint density at radius 1 is 0.976 bits per heavy atom. The third-order valence-corrected chi connectivity index (χ3v) is 7.67. The van der Waals surface area contributed by atoms with Gasteiger partial charge in [0, 0.05) is 9.86 Å². The molecule has 0 fully saturated rings. The van der Waals surface area contributed by atoms with Crippen molar-refractivity contribution >= 4 is 67.2 Å². The Morgan fingerprint density at radius 3 is 2.64 bits per heavy atom. The van der Waals surface area contributed by atoms with E-state index in [9.17, 15) is 4.79 Å². The van der Waals surface area contributed by atoms with Crippen LogP contribution >= 0.6 is 39.1 Å². The van der Waals surface area contributed by atoms with Crippen LogP contribution in [-0.2, 0) is 6.61 Å². The maximum absolute atomic E-state index is 13.6. The first-order chi connectivity index (χ1) is 20.4. The van der Waals surface area contributed by atoms with Gasteiger partial charge in [0.15, 0.2) is 23.0 Å². The lowest BCUT2D eigenvalue weighted by molar-refractivity contribution is 0.174. The molecule has 0 radical (unpaired) electrons. The van der Waals surface area contributed by atoms with Gasteiger partial charge in [-0.25, -0.2) is 4.98 Å². The van der Waals surface area contributed by atoms with Crippen molar-refractivity contribution in [3.05, 3.63) is 115 Å². The second-order valence-corrected chi connectivity index (χ2v) is 11.1. The van der Waals surface area contributed by atoms with Crippen molar-refractivity contribution in [3.8, 4) is 28.8 Å². The number of fused-ring (bicyclic) bond motifs is 3. The molecule has 208 valence electrons. The predicted molar refractivity (Wildman–Crippen MR) is 165 cm³/mol. The van der Waals surface area contributed by atoms with Crippen molar-refractivity contribution in [2.45, 2.75) is 6.61 Å². The number of aromatic nitrogens is 2. The molecule has 0 aliphatic carbocycles. The van der Waals surface area contributed by atoms with Crippen LogP contribution in [0.3, 0.4) is 0 Å². The largest absolute Gasteiger partial charge is 0.486 e. The highest BCUT2D eigenvalue weighted by atomic mass is 79.9. The van der Waals surface area contributed by atoms with E-state index in [1.807, 2.05) is 48.5 Å². The highest BCUT2D eigenvalue weighted by Crippen LogP contribution is 2.36. The first kappa shape index (κ1) is 26.6. The first-order valence-corrected chi connectivity index (χ1v) is 14.2. The summed E-state index contributed by atoms with van der Waals surface area (Å²) in [7, 11) is 0. The fourth-order valence-corrected chi connectivity index (χ4v) is 5.61. The molecule has 8 nitrogen and oxygen atoms in total. The molecule has 1 aliphatic heterocycles. The monoisotopic (exact) mass is 661 g/mol. The molecule has 0 spiro atoms. The standard InChI is InChI=1S/C31H18BrCl2N3O5/c32-20-6-8-25-19(12-20)13-28(42-25)30-36-24-4-2-1-3-21(24)31(38)37(30)35-14-18-9-22(33)29(23(34)10-18)39-15-17-5-7-26-27(11-17)41-16-40-26/h1-14H,15-16H2. The molecular weight excluding hydrogens is 645 g/mol. The van der Waals surface area contributed by atoms with Gasteiger partial charge in [-0.2, -0.15) is 9.78 Å². The highest BCUT2D eigenvalue weighted by molar-refractivity contribution is 9.10. The first-order valence-electron chi connectivity index (χ1n) is 12.7. The predicted octanol–water partition coefficient (Wildman–Crippen LogP) is 8.07. The van der Waals surface area contributed by atoms with E-state index in [1.54, 1.807) is 30.3 Å². The molecule has 1 aliphatic rings. The Kier molecular flexibility index (Phi) is 6.85. The Morgan fingerprint density at radius 2 is 1.79 bits per heavy atom. The molecule has 6 aromatic rings. The van der Waals surface area contributed by atoms with E-state index in [0.717, 1.165) is 15.4 Å². The van der Waals surface area contributed by atoms with Crippen molar-refractivity contribution in [3.63, 3.8) is 0 Å². The van der Waals surface area contributed by atoms with Crippen LogP contribution in [-0.4, -0.2) is 22.7 Å². The van der Waals surface area contributed by atoms with Gasteiger partial charge in [0.25, 0.3) is 5.56 Å². The normalized spacial score (nSPS) is 12.5. The average Bonchev–Trinajstić information content (AvgIpc) is 3.62. The summed E-state index contributed by atoms with van der Waals surface area (Å²) >= 11 is 16.6. The summed E-state index contributed by atoms with van der Waals surface area (Å²) in [5.41, 5.74) is 2.25. The molecule has 0 saturated carbocycles. The average molecular weight is 663 g/mol. The quantitative estimate of drug-likeness (QED) is 0.168. The summed E-state index contributed by atoms with van der Waals surface area (Å²) < 4.78 is 24.9. The summed E-state index contributed by atoms with van der Waals surface area (Å²) in [6, 6.07) is 23.4. The highest BCUT2D eigenvalue weighted by Gasteiger charge is 2.18. The number of rotatable bonds is 6. The summed E-state index contributed by atoms with van der Waals surface area (Å²) in [6.07, 6.45) is 1.49. The van der Waals surface area contributed by atoms with Gasteiger partial charge in [-0.05, 0) is 71.8 Å². The van der Waals surface area contributed by atoms with E-state index in [2.05, 4.69) is 21.0 Å². The van der Waals surface area contributed by atoms with Crippen molar-refractivity contribution in [1.82, 2.24) is 9.66 Å². The minimum atomic E-state index is -0.352. The van der Waals surface area contributed by atoms with Crippen LogP contribution < -0.4 is 19.8 Å². The number of hydrogen-bond donors (Lipinski definition) is 0. The fourth-order valence-electron chi connectivity index (χ4n) is 4.62. The van der Waals surface area contributed by atoms with E-state index < -0.39 is 0 Å². The van der Waals surface area contributed by atoms with Crippen LogP contribution in [0.15, 0.2) is 97.6 Å². The van der Waals surface area contributed by atoms with Crippen LogP contribution in [0.4, 0.5) is 0 Å². The van der Waals surface area contributed by atoms with Crippen LogP contribution in [0.1, 0.15) is 11.1 Å². The number of furan rings is 1. The zero-order chi connectivity index (χ0) is 28.8. The molecule has 0 atom stereocenters. The summed E-state index contributed by atoms with van der Waals surface area (Å²) in [4.78, 5) is 18.3. The zero-order valence-electron chi connectivity index (χ0n) is 21.5. The third kappa shape index (κ3) is 5.00. The molecule has 11 heteroatoms. The van der Waals surface area contributed by atoms with Crippen molar-refractivity contribution < 1.29 is 18.6 Å². The molecule has 0 N–H and O–H groups in total. The lowest BCUT2D eigenvalue weighted by Gasteiger charge is -2.11. The molecule has 42 heavy (non-hydrogen) atoms. The molecule has 2 aromatic heterocycles. The minimum absolute atomic E-state index is 0.194. The van der Waals surface area contributed by atoms with Crippen molar-refractivity contribution in [2.75, 3.05) is 6.79 Å². The van der Waals surface area contributed by atoms with Crippen LogP contribution in [0.5, 0.6) is 17.2 Å². The minimum Gasteiger partial charge on any atom is -0.486 e. The van der Waals surface area contributed by atoms with Gasteiger partial charge in [0.2, 0.25) is 12.6 Å². The molecule has 0 saturated heterocycles. The van der Waals surface area contributed by atoms with Crippen molar-refractivity contribution in [2.24, 2.45) is 5.10 Å². The van der Waals surface area contributed by atoms with Gasteiger partial charge in [0.05, 0.1) is 27.2 Å². The Labute approximate surface area is 256 Å². The molecule has 4 aromatic carbocycles. The lowest BCUT2D eigenvalue weighted by atomic mass is 10.2. The van der Waals surface area contributed by atoms with E-state index in [1.165, 1.54) is 10.9 Å². The number of hydrogen-bond acceptors (Lipinski definition) is 7. The maximum atomic E-state index is 13.6. The molecule has 0 bridgehead atoms. The van der Waals surface area contributed by atoms with E-state index in [4.69, 9.17) is 46.8 Å². The van der Waals surface area contributed by atoms with Crippen LogP contribution in [0.25, 0.3) is 33.5 Å². The number of nitrogens with zero attached hydrogens (tertiary/aromatic N) is 3. The van der Waals surface area contributed by atoms with Gasteiger partial charge in [-0.15, -0.1) is 0 Å². The summed E-state index contributed by atoms with van der Waals surface area (Å²) in [5.74, 6) is 2.32. The Bertz CT molecular complexity index is 2080. The molecule has 7 rings (SSSR count). The number of benzene rings is 4. The Balaban J connectivity index is 1.22. The fraction of sp³-hybridized carbons (Fsp3) is 0.0645. The van der Waals surface area contributed by atoms with Crippen molar-refractivity contribution in [1.29, 1.82) is 0 Å². The van der Waals surface area contributed by atoms with Gasteiger partial charge in [0.1, 0.15) is 12.2 Å². The van der Waals surface area contributed by atoms with Crippen LogP contribution in [0.2, 0.25) is 10.0 Å². The molecule has 0 unspecified atom stereocenters. The molecule has 0 amide bonds. The van der Waals surface area contributed by atoms with Gasteiger partial charge < -0.3 is 18.6 Å². The zero-order valence-corrected chi connectivity index (χ0v) is 24.6. The van der Waals surface area contributed by atoms with Gasteiger partial charge in [-0.3, -0.25) is 4.79 Å². The second-order valence-electron chi connectivity index (χ2n) is 9.40. The molecule has 3 heterocycles.